The lowest BCUT2D eigenvalue weighted by atomic mass is 9.94. The highest BCUT2D eigenvalue weighted by Gasteiger charge is 2.22. The van der Waals surface area contributed by atoms with Crippen molar-refractivity contribution in [1.29, 1.82) is 0 Å². The Morgan fingerprint density at radius 1 is 1.00 bits per heavy atom. The summed E-state index contributed by atoms with van der Waals surface area (Å²) in [5.74, 6) is 1.77. The Morgan fingerprint density at radius 2 is 1.83 bits per heavy atom. The van der Waals surface area contributed by atoms with Gasteiger partial charge in [0, 0.05) is 18.6 Å². The summed E-state index contributed by atoms with van der Waals surface area (Å²) in [5.41, 5.74) is 0. The third-order valence-corrected chi connectivity index (χ3v) is 4.86. The first-order valence-corrected chi connectivity index (χ1v) is 8.21. The van der Waals surface area contributed by atoms with Crippen LogP contribution in [0.1, 0.15) is 51.4 Å². The summed E-state index contributed by atoms with van der Waals surface area (Å²) in [4.78, 5) is 0. The third kappa shape index (κ3) is 5.46. The predicted octanol–water partition coefficient (Wildman–Crippen LogP) is 3.58. The molecule has 0 aromatic heterocycles. The SMILES string of the molecule is ClC1CCC(CNCCCCC2CCOCC2)C1. The van der Waals surface area contributed by atoms with Crippen molar-refractivity contribution in [2.24, 2.45) is 11.8 Å². The number of hydrogen-bond acceptors (Lipinski definition) is 2. The maximum absolute atomic E-state index is 6.12. The molecule has 1 heterocycles. The minimum Gasteiger partial charge on any atom is -0.381 e. The number of alkyl halides is 1. The molecule has 0 aromatic rings. The summed E-state index contributed by atoms with van der Waals surface area (Å²) < 4.78 is 5.39. The summed E-state index contributed by atoms with van der Waals surface area (Å²) >= 11 is 6.12. The summed E-state index contributed by atoms with van der Waals surface area (Å²) in [6.45, 7) is 4.35. The molecule has 2 nitrogen and oxygen atoms in total. The van der Waals surface area contributed by atoms with E-state index in [1.54, 1.807) is 0 Å². The van der Waals surface area contributed by atoms with Gasteiger partial charge in [-0.2, -0.15) is 0 Å². The topological polar surface area (TPSA) is 21.3 Å². The van der Waals surface area contributed by atoms with Crippen molar-refractivity contribution in [3.63, 3.8) is 0 Å². The minimum absolute atomic E-state index is 0.449. The van der Waals surface area contributed by atoms with Crippen LogP contribution in [0.15, 0.2) is 0 Å². The molecule has 0 aromatic carbocycles. The van der Waals surface area contributed by atoms with E-state index in [4.69, 9.17) is 16.3 Å². The van der Waals surface area contributed by atoms with Crippen LogP contribution in [-0.2, 0) is 4.74 Å². The molecule has 2 atom stereocenters. The Hall–Kier alpha value is 0.210. The fourth-order valence-electron chi connectivity index (χ4n) is 3.22. The third-order valence-electron chi connectivity index (χ3n) is 4.47. The Labute approximate surface area is 117 Å². The zero-order valence-corrected chi connectivity index (χ0v) is 12.3. The van der Waals surface area contributed by atoms with E-state index in [0.29, 0.717) is 5.38 Å². The van der Waals surface area contributed by atoms with Crippen molar-refractivity contribution < 1.29 is 4.74 Å². The molecule has 2 rings (SSSR count). The number of rotatable bonds is 7. The molecule has 1 saturated carbocycles. The van der Waals surface area contributed by atoms with Gasteiger partial charge in [0.05, 0.1) is 0 Å². The molecule has 2 unspecified atom stereocenters. The van der Waals surface area contributed by atoms with Crippen LogP contribution < -0.4 is 5.32 Å². The molecule has 1 saturated heterocycles. The molecule has 106 valence electrons. The first kappa shape index (κ1) is 14.6. The highest BCUT2D eigenvalue weighted by molar-refractivity contribution is 6.20. The first-order valence-electron chi connectivity index (χ1n) is 7.77. The standard InChI is InChI=1S/C15H28ClNO/c16-15-5-4-14(11-15)12-17-8-2-1-3-13-6-9-18-10-7-13/h13-15,17H,1-12H2. The van der Waals surface area contributed by atoms with Gasteiger partial charge in [-0.3, -0.25) is 0 Å². The zero-order chi connectivity index (χ0) is 12.6. The van der Waals surface area contributed by atoms with Gasteiger partial charge in [0.25, 0.3) is 0 Å². The second-order valence-corrected chi connectivity index (χ2v) is 6.65. The van der Waals surface area contributed by atoms with Gasteiger partial charge in [-0.15, -0.1) is 11.6 Å². The van der Waals surface area contributed by atoms with Crippen molar-refractivity contribution in [3.05, 3.63) is 0 Å². The molecule has 2 aliphatic rings. The Balaban J connectivity index is 1.39. The van der Waals surface area contributed by atoms with Gasteiger partial charge in [-0.05, 0) is 63.5 Å². The van der Waals surface area contributed by atoms with Crippen LogP contribution in [0.3, 0.4) is 0 Å². The molecule has 1 aliphatic carbocycles. The monoisotopic (exact) mass is 273 g/mol. The van der Waals surface area contributed by atoms with E-state index in [1.165, 1.54) is 64.5 Å². The molecule has 0 bridgehead atoms. The Bertz CT molecular complexity index is 210. The van der Waals surface area contributed by atoms with E-state index in [2.05, 4.69) is 5.32 Å². The molecule has 2 fully saturated rings. The van der Waals surface area contributed by atoms with Crippen LogP contribution in [0.4, 0.5) is 0 Å². The van der Waals surface area contributed by atoms with Gasteiger partial charge in [-0.25, -0.2) is 0 Å². The number of halogens is 1. The van der Waals surface area contributed by atoms with Crippen molar-refractivity contribution in [2.75, 3.05) is 26.3 Å². The number of unbranched alkanes of at least 4 members (excludes halogenated alkanes) is 1. The second kappa shape index (κ2) is 8.39. The molecular formula is C15H28ClNO. The minimum atomic E-state index is 0.449. The van der Waals surface area contributed by atoms with Crippen LogP contribution in [0.5, 0.6) is 0 Å². The van der Waals surface area contributed by atoms with E-state index < -0.39 is 0 Å². The molecule has 1 N–H and O–H groups in total. The fourth-order valence-corrected chi connectivity index (χ4v) is 3.60. The number of nitrogens with one attached hydrogen (secondary N) is 1. The summed E-state index contributed by atoms with van der Waals surface area (Å²) in [6, 6.07) is 0. The van der Waals surface area contributed by atoms with Gasteiger partial charge < -0.3 is 10.1 Å². The maximum atomic E-state index is 6.12. The molecule has 0 radical (unpaired) electrons. The van der Waals surface area contributed by atoms with Crippen LogP contribution in [0.25, 0.3) is 0 Å². The van der Waals surface area contributed by atoms with Crippen molar-refractivity contribution in [3.8, 4) is 0 Å². The largest absolute Gasteiger partial charge is 0.381 e. The van der Waals surface area contributed by atoms with Crippen molar-refractivity contribution in [1.82, 2.24) is 5.32 Å². The van der Waals surface area contributed by atoms with E-state index in [1.807, 2.05) is 0 Å². The van der Waals surface area contributed by atoms with Crippen LogP contribution >= 0.6 is 11.6 Å². The zero-order valence-electron chi connectivity index (χ0n) is 11.5. The predicted molar refractivity (Wildman–Crippen MR) is 77.2 cm³/mol. The van der Waals surface area contributed by atoms with E-state index in [9.17, 15) is 0 Å². The van der Waals surface area contributed by atoms with Crippen molar-refractivity contribution in [2.45, 2.75) is 56.7 Å². The quantitative estimate of drug-likeness (QED) is 0.565. The highest BCUT2D eigenvalue weighted by Crippen LogP contribution is 2.28. The molecule has 18 heavy (non-hydrogen) atoms. The lowest BCUT2D eigenvalue weighted by Gasteiger charge is -2.21. The average molecular weight is 274 g/mol. The van der Waals surface area contributed by atoms with Crippen molar-refractivity contribution >= 4 is 11.6 Å². The van der Waals surface area contributed by atoms with Gasteiger partial charge in [0.1, 0.15) is 0 Å². The summed E-state index contributed by atoms with van der Waals surface area (Å²) in [5, 5.41) is 4.05. The second-order valence-electron chi connectivity index (χ2n) is 6.03. The number of hydrogen-bond donors (Lipinski definition) is 1. The average Bonchev–Trinajstić information content (AvgIpc) is 2.81. The van der Waals surface area contributed by atoms with E-state index >= 15 is 0 Å². The van der Waals surface area contributed by atoms with Crippen LogP contribution in [0, 0.1) is 11.8 Å². The van der Waals surface area contributed by atoms with E-state index in [-0.39, 0.29) is 0 Å². The normalized spacial score (nSPS) is 29.8. The lowest BCUT2D eigenvalue weighted by Crippen LogP contribution is -2.23. The first-order chi connectivity index (χ1) is 8.84. The summed E-state index contributed by atoms with van der Waals surface area (Å²) in [6.07, 6.45) is 10.4. The Kier molecular flexibility index (Phi) is 6.82. The molecular weight excluding hydrogens is 246 g/mol. The molecule has 0 amide bonds. The van der Waals surface area contributed by atoms with Gasteiger partial charge in [0.2, 0.25) is 0 Å². The van der Waals surface area contributed by atoms with Gasteiger partial charge in [0.15, 0.2) is 0 Å². The Morgan fingerprint density at radius 3 is 2.56 bits per heavy atom. The molecule has 1 aliphatic heterocycles. The smallest absolute Gasteiger partial charge is 0.0468 e. The summed E-state index contributed by atoms with van der Waals surface area (Å²) in [7, 11) is 0. The lowest BCUT2D eigenvalue weighted by molar-refractivity contribution is 0.0631. The van der Waals surface area contributed by atoms with Crippen LogP contribution in [0.2, 0.25) is 0 Å². The maximum Gasteiger partial charge on any atom is 0.0468 e. The van der Waals surface area contributed by atoms with E-state index in [0.717, 1.165) is 25.0 Å². The highest BCUT2D eigenvalue weighted by atomic mass is 35.5. The number of ether oxygens (including phenoxy) is 1. The fraction of sp³-hybridized carbons (Fsp3) is 1.00. The van der Waals surface area contributed by atoms with Crippen LogP contribution in [-0.4, -0.2) is 31.7 Å². The molecule has 0 spiro atoms. The molecule has 3 heteroatoms. The van der Waals surface area contributed by atoms with Gasteiger partial charge in [-0.1, -0.05) is 12.8 Å². The van der Waals surface area contributed by atoms with Gasteiger partial charge >= 0.3 is 0 Å².